The second kappa shape index (κ2) is 9.83. The van der Waals surface area contributed by atoms with E-state index in [1.54, 1.807) is 18.9 Å². The van der Waals surface area contributed by atoms with Gasteiger partial charge in [-0.25, -0.2) is 0 Å². The van der Waals surface area contributed by atoms with Gasteiger partial charge in [-0.1, -0.05) is 18.2 Å². The first kappa shape index (κ1) is 16.0. The summed E-state index contributed by atoms with van der Waals surface area (Å²) in [6.45, 7) is 4.82. The van der Waals surface area contributed by atoms with E-state index in [0.29, 0.717) is 13.2 Å². The molecule has 1 rings (SSSR count). The van der Waals surface area contributed by atoms with Gasteiger partial charge in [0.1, 0.15) is 0 Å². The predicted octanol–water partition coefficient (Wildman–Crippen LogP) is 1.52. The second-order valence-corrected chi connectivity index (χ2v) is 5.52. The summed E-state index contributed by atoms with van der Waals surface area (Å²) in [5.41, 5.74) is 0. The lowest BCUT2D eigenvalue weighted by molar-refractivity contribution is -0.120. The lowest BCUT2D eigenvalue weighted by atomic mass is 10.4. The van der Waals surface area contributed by atoms with Crippen LogP contribution in [0.15, 0.2) is 35.2 Å². The Labute approximate surface area is 119 Å². The van der Waals surface area contributed by atoms with Crippen LogP contribution in [0.2, 0.25) is 0 Å². The van der Waals surface area contributed by atoms with E-state index < -0.39 is 0 Å². The molecule has 0 radical (unpaired) electrons. The SMILES string of the molecule is COCCNCCNC(=O)C(C)Sc1ccccc1. The zero-order chi connectivity index (χ0) is 13.9. The molecule has 5 heteroatoms. The molecule has 1 aromatic carbocycles. The molecule has 0 fully saturated rings. The molecule has 19 heavy (non-hydrogen) atoms. The number of thioether (sulfide) groups is 1. The lowest BCUT2D eigenvalue weighted by Gasteiger charge is -2.12. The van der Waals surface area contributed by atoms with Crippen molar-refractivity contribution in [2.24, 2.45) is 0 Å². The first-order chi connectivity index (χ1) is 9.24. The molecule has 0 saturated heterocycles. The Bertz CT molecular complexity index is 360. The van der Waals surface area contributed by atoms with E-state index in [4.69, 9.17) is 4.74 Å². The van der Waals surface area contributed by atoms with Gasteiger partial charge in [-0.15, -0.1) is 11.8 Å². The summed E-state index contributed by atoms with van der Waals surface area (Å²) < 4.78 is 4.92. The van der Waals surface area contributed by atoms with Crippen LogP contribution in [0.5, 0.6) is 0 Å². The van der Waals surface area contributed by atoms with Crippen LogP contribution in [0, 0.1) is 0 Å². The first-order valence-corrected chi connectivity index (χ1v) is 7.31. The summed E-state index contributed by atoms with van der Waals surface area (Å²) in [4.78, 5) is 13.0. The summed E-state index contributed by atoms with van der Waals surface area (Å²) >= 11 is 1.57. The van der Waals surface area contributed by atoms with Crippen molar-refractivity contribution in [3.05, 3.63) is 30.3 Å². The number of amides is 1. The molecule has 1 unspecified atom stereocenters. The third-order valence-electron chi connectivity index (χ3n) is 2.51. The van der Waals surface area contributed by atoms with Gasteiger partial charge in [-0.2, -0.15) is 0 Å². The van der Waals surface area contributed by atoms with Crippen molar-refractivity contribution in [3.63, 3.8) is 0 Å². The molecule has 0 aliphatic heterocycles. The summed E-state index contributed by atoms with van der Waals surface area (Å²) in [7, 11) is 1.67. The molecule has 1 atom stereocenters. The van der Waals surface area contributed by atoms with Crippen molar-refractivity contribution in [2.45, 2.75) is 17.1 Å². The van der Waals surface area contributed by atoms with Crippen LogP contribution in [0.1, 0.15) is 6.92 Å². The van der Waals surface area contributed by atoms with E-state index in [-0.39, 0.29) is 11.2 Å². The van der Waals surface area contributed by atoms with Crippen LogP contribution in [0.4, 0.5) is 0 Å². The molecule has 106 valence electrons. The molecule has 1 amide bonds. The fourth-order valence-electron chi connectivity index (χ4n) is 1.47. The number of ether oxygens (including phenoxy) is 1. The molecule has 0 saturated carbocycles. The maximum absolute atomic E-state index is 11.9. The Balaban J connectivity index is 2.15. The number of hydrogen-bond donors (Lipinski definition) is 2. The van der Waals surface area contributed by atoms with Gasteiger partial charge in [-0.3, -0.25) is 4.79 Å². The van der Waals surface area contributed by atoms with Gasteiger partial charge >= 0.3 is 0 Å². The summed E-state index contributed by atoms with van der Waals surface area (Å²) in [5, 5.41) is 6.02. The highest BCUT2D eigenvalue weighted by molar-refractivity contribution is 8.00. The van der Waals surface area contributed by atoms with Gasteiger partial charge in [0.05, 0.1) is 11.9 Å². The van der Waals surface area contributed by atoms with Crippen molar-refractivity contribution in [3.8, 4) is 0 Å². The highest BCUT2D eigenvalue weighted by Crippen LogP contribution is 2.22. The fourth-order valence-corrected chi connectivity index (χ4v) is 2.39. The van der Waals surface area contributed by atoms with E-state index in [9.17, 15) is 4.79 Å². The smallest absolute Gasteiger partial charge is 0.233 e. The molecule has 4 nitrogen and oxygen atoms in total. The quantitative estimate of drug-likeness (QED) is 0.532. The Morgan fingerprint density at radius 3 is 2.68 bits per heavy atom. The van der Waals surface area contributed by atoms with E-state index in [1.165, 1.54) is 0 Å². The molecule has 2 N–H and O–H groups in total. The van der Waals surface area contributed by atoms with Crippen LogP contribution in [0.3, 0.4) is 0 Å². The van der Waals surface area contributed by atoms with Crippen molar-refractivity contribution >= 4 is 17.7 Å². The standard InChI is InChI=1S/C14H22N2O2S/c1-12(19-13-6-4-3-5-7-13)14(17)16-9-8-15-10-11-18-2/h3-7,12,15H,8-11H2,1-2H3,(H,16,17). The molecule has 0 spiro atoms. The van der Waals surface area contributed by atoms with Crippen LogP contribution >= 0.6 is 11.8 Å². The molecule has 0 bridgehead atoms. The van der Waals surface area contributed by atoms with Crippen molar-refractivity contribution in [2.75, 3.05) is 33.4 Å². The monoisotopic (exact) mass is 282 g/mol. The van der Waals surface area contributed by atoms with Crippen molar-refractivity contribution < 1.29 is 9.53 Å². The Kier molecular flexibility index (Phi) is 8.29. The van der Waals surface area contributed by atoms with E-state index in [2.05, 4.69) is 10.6 Å². The number of carbonyl (C=O) groups is 1. The molecule has 0 aromatic heterocycles. The van der Waals surface area contributed by atoms with Crippen LogP contribution in [-0.2, 0) is 9.53 Å². The molecule has 0 aliphatic carbocycles. The molecule has 0 aliphatic rings. The minimum Gasteiger partial charge on any atom is -0.383 e. The number of hydrogen-bond acceptors (Lipinski definition) is 4. The molecular formula is C14H22N2O2S. The third kappa shape index (κ3) is 7.20. The van der Waals surface area contributed by atoms with Gasteiger partial charge in [-0.05, 0) is 19.1 Å². The highest BCUT2D eigenvalue weighted by atomic mass is 32.2. The topological polar surface area (TPSA) is 50.4 Å². The van der Waals surface area contributed by atoms with Crippen molar-refractivity contribution in [1.82, 2.24) is 10.6 Å². The summed E-state index contributed by atoms with van der Waals surface area (Å²) in [6.07, 6.45) is 0. The number of nitrogens with one attached hydrogen (secondary N) is 2. The minimum absolute atomic E-state index is 0.0717. The Morgan fingerprint density at radius 2 is 2.00 bits per heavy atom. The van der Waals surface area contributed by atoms with E-state index >= 15 is 0 Å². The molecule has 0 heterocycles. The molecule has 1 aromatic rings. The zero-order valence-corrected chi connectivity index (χ0v) is 12.3. The van der Waals surface area contributed by atoms with Crippen LogP contribution < -0.4 is 10.6 Å². The third-order valence-corrected chi connectivity index (χ3v) is 3.62. The van der Waals surface area contributed by atoms with Crippen LogP contribution in [0.25, 0.3) is 0 Å². The van der Waals surface area contributed by atoms with E-state index in [1.807, 2.05) is 37.3 Å². The first-order valence-electron chi connectivity index (χ1n) is 6.43. The maximum Gasteiger partial charge on any atom is 0.233 e. The number of methoxy groups -OCH3 is 1. The van der Waals surface area contributed by atoms with Crippen LogP contribution in [-0.4, -0.2) is 44.5 Å². The lowest BCUT2D eigenvalue weighted by Crippen LogP contribution is -2.36. The molecular weight excluding hydrogens is 260 g/mol. The predicted molar refractivity (Wildman–Crippen MR) is 79.5 cm³/mol. The normalized spacial score (nSPS) is 12.1. The highest BCUT2D eigenvalue weighted by Gasteiger charge is 2.13. The summed E-state index contributed by atoms with van der Waals surface area (Å²) in [6, 6.07) is 9.96. The average Bonchev–Trinajstić information content (AvgIpc) is 2.43. The van der Waals surface area contributed by atoms with Gasteiger partial charge < -0.3 is 15.4 Å². The second-order valence-electron chi connectivity index (χ2n) is 4.11. The van der Waals surface area contributed by atoms with E-state index in [0.717, 1.165) is 18.0 Å². The summed E-state index contributed by atoms with van der Waals surface area (Å²) in [5.74, 6) is 0.0717. The van der Waals surface area contributed by atoms with Crippen molar-refractivity contribution in [1.29, 1.82) is 0 Å². The minimum atomic E-state index is -0.0821. The number of rotatable bonds is 9. The van der Waals surface area contributed by atoms with Gasteiger partial charge in [0.15, 0.2) is 0 Å². The van der Waals surface area contributed by atoms with Gasteiger partial charge in [0, 0.05) is 31.6 Å². The van der Waals surface area contributed by atoms with Gasteiger partial charge in [0.25, 0.3) is 0 Å². The number of benzene rings is 1. The Morgan fingerprint density at radius 1 is 1.26 bits per heavy atom. The number of carbonyl (C=O) groups excluding carboxylic acids is 1. The largest absolute Gasteiger partial charge is 0.383 e. The maximum atomic E-state index is 11.9. The average molecular weight is 282 g/mol. The fraction of sp³-hybridized carbons (Fsp3) is 0.500. The Hall–Kier alpha value is -1.04. The van der Waals surface area contributed by atoms with Gasteiger partial charge in [0.2, 0.25) is 5.91 Å². The zero-order valence-electron chi connectivity index (χ0n) is 11.5.